The molecular formula is C14H21NO. The Morgan fingerprint density at radius 3 is 2.38 bits per heavy atom. The highest BCUT2D eigenvalue weighted by atomic mass is 16.5. The maximum atomic E-state index is 6.20. The SMILES string of the molecule is CN(C)CC(OC1(C)CC1)c1ccccc1. The van der Waals surface area contributed by atoms with Crippen LogP contribution in [0.1, 0.15) is 31.4 Å². The molecule has 1 unspecified atom stereocenters. The summed E-state index contributed by atoms with van der Waals surface area (Å²) in [5.74, 6) is 0. The number of likely N-dealkylation sites (N-methyl/N-ethyl adjacent to an activating group) is 1. The molecule has 1 aliphatic carbocycles. The van der Waals surface area contributed by atoms with Crippen LogP contribution in [-0.2, 0) is 4.74 Å². The maximum Gasteiger partial charge on any atom is 0.0958 e. The van der Waals surface area contributed by atoms with Gasteiger partial charge in [0.15, 0.2) is 0 Å². The molecule has 0 spiro atoms. The minimum atomic E-state index is 0.135. The van der Waals surface area contributed by atoms with E-state index in [1.165, 1.54) is 18.4 Å². The summed E-state index contributed by atoms with van der Waals surface area (Å²) >= 11 is 0. The lowest BCUT2D eigenvalue weighted by Gasteiger charge is -2.25. The van der Waals surface area contributed by atoms with Crippen molar-refractivity contribution < 1.29 is 4.74 Å². The van der Waals surface area contributed by atoms with Gasteiger partial charge in [0.1, 0.15) is 0 Å². The van der Waals surface area contributed by atoms with E-state index in [4.69, 9.17) is 4.74 Å². The summed E-state index contributed by atoms with van der Waals surface area (Å²) < 4.78 is 6.20. The fraction of sp³-hybridized carbons (Fsp3) is 0.571. The molecule has 0 bridgehead atoms. The van der Waals surface area contributed by atoms with Gasteiger partial charge in [0, 0.05) is 6.54 Å². The monoisotopic (exact) mass is 219 g/mol. The zero-order valence-electron chi connectivity index (χ0n) is 10.4. The highest BCUT2D eigenvalue weighted by Crippen LogP contribution is 2.42. The molecule has 1 atom stereocenters. The van der Waals surface area contributed by atoms with E-state index < -0.39 is 0 Å². The van der Waals surface area contributed by atoms with E-state index in [1.807, 2.05) is 0 Å². The molecule has 1 aromatic carbocycles. The van der Waals surface area contributed by atoms with Gasteiger partial charge < -0.3 is 9.64 Å². The Kier molecular flexibility index (Phi) is 3.31. The van der Waals surface area contributed by atoms with E-state index >= 15 is 0 Å². The summed E-state index contributed by atoms with van der Waals surface area (Å²) in [6, 6.07) is 10.5. The van der Waals surface area contributed by atoms with Gasteiger partial charge in [-0.2, -0.15) is 0 Å². The van der Waals surface area contributed by atoms with Crippen LogP contribution < -0.4 is 0 Å². The van der Waals surface area contributed by atoms with Crippen molar-refractivity contribution in [3.8, 4) is 0 Å². The third kappa shape index (κ3) is 3.06. The van der Waals surface area contributed by atoms with Crippen molar-refractivity contribution >= 4 is 0 Å². The van der Waals surface area contributed by atoms with Crippen LogP contribution >= 0.6 is 0 Å². The van der Waals surface area contributed by atoms with Gasteiger partial charge in [0.05, 0.1) is 11.7 Å². The lowest BCUT2D eigenvalue weighted by atomic mass is 10.1. The average Bonchev–Trinajstić information content (AvgIpc) is 2.96. The lowest BCUT2D eigenvalue weighted by Crippen LogP contribution is -2.25. The van der Waals surface area contributed by atoms with Gasteiger partial charge in [-0.05, 0) is 39.4 Å². The summed E-state index contributed by atoms with van der Waals surface area (Å²) in [7, 11) is 4.18. The maximum absolute atomic E-state index is 6.20. The smallest absolute Gasteiger partial charge is 0.0958 e. The van der Waals surface area contributed by atoms with Crippen molar-refractivity contribution in [2.45, 2.75) is 31.5 Å². The third-order valence-corrected chi connectivity index (χ3v) is 3.08. The fourth-order valence-corrected chi connectivity index (χ4v) is 1.85. The largest absolute Gasteiger partial charge is 0.366 e. The molecule has 88 valence electrons. The van der Waals surface area contributed by atoms with Gasteiger partial charge in [-0.3, -0.25) is 0 Å². The minimum absolute atomic E-state index is 0.135. The molecule has 1 aliphatic rings. The summed E-state index contributed by atoms with van der Waals surface area (Å²) in [6.07, 6.45) is 2.59. The van der Waals surface area contributed by atoms with E-state index in [9.17, 15) is 0 Å². The van der Waals surface area contributed by atoms with Crippen LogP contribution in [0.15, 0.2) is 30.3 Å². The molecule has 1 aromatic rings. The predicted molar refractivity (Wildman–Crippen MR) is 66.5 cm³/mol. The van der Waals surface area contributed by atoms with Gasteiger partial charge in [-0.25, -0.2) is 0 Å². The first-order valence-electron chi connectivity index (χ1n) is 5.97. The first-order chi connectivity index (χ1) is 7.59. The Morgan fingerprint density at radius 2 is 1.88 bits per heavy atom. The van der Waals surface area contributed by atoms with Crippen LogP contribution in [0.25, 0.3) is 0 Å². The summed E-state index contributed by atoms with van der Waals surface area (Å²) in [6.45, 7) is 3.15. The van der Waals surface area contributed by atoms with E-state index in [1.54, 1.807) is 0 Å². The molecule has 0 aromatic heterocycles. The van der Waals surface area contributed by atoms with E-state index in [2.05, 4.69) is 56.3 Å². The van der Waals surface area contributed by atoms with E-state index in [0.29, 0.717) is 0 Å². The second-order valence-corrected chi connectivity index (χ2v) is 5.23. The Labute approximate surface area is 98.2 Å². The van der Waals surface area contributed by atoms with Crippen LogP contribution in [0.2, 0.25) is 0 Å². The highest BCUT2D eigenvalue weighted by molar-refractivity contribution is 5.18. The topological polar surface area (TPSA) is 12.5 Å². The lowest BCUT2D eigenvalue weighted by molar-refractivity contribution is -0.0319. The summed E-state index contributed by atoms with van der Waals surface area (Å²) in [5, 5.41) is 0. The van der Waals surface area contributed by atoms with Gasteiger partial charge in [-0.1, -0.05) is 30.3 Å². The molecule has 0 aliphatic heterocycles. The zero-order chi connectivity index (χ0) is 11.6. The van der Waals surface area contributed by atoms with Crippen LogP contribution in [0.5, 0.6) is 0 Å². The molecule has 16 heavy (non-hydrogen) atoms. The molecule has 2 heteroatoms. The Hall–Kier alpha value is -0.860. The second kappa shape index (κ2) is 4.56. The van der Waals surface area contributed by atoms with E-state index in [0.717, 1.165) is 6.54 Å². The van der Waals surface area contributed by atoms with Crippen LogP contribution in [0.3, 0.4) is 0 Å². The number of hydrogen-bond donors (Lipinski definition) is 0. The van der Waals surface area contributed by atoms with Crippen LogP contribution in [0, 0.1) is 0 Å². The van der Waals surface area contributed by atoms with E-state index in [-0.39, 0.29) is 11.7 Å². The molecule has 2 nitrogen and oxygen atoms in total. The second-order valence-electron chi connectivity index (χ2n) is 5.23. The molecule has 2 rings (SSSR count). The standard InChI is InChI=1S/C14H21NO/c1-14(9-10-14)16-13(11-15(2)3)12-7-5-4-6-8-12/h4-8,13H,9-11H2,1-3H3. The van der Waals surface area contributed by atoms with Gasteiger partial charge in [0.2, 0.25) is 0 Å². The number of rotatable bonds is 5. The first kappa shape index (κ1) is 11.6. The van der Waals surface area contributed by atoms with Crippen molar-refractivity contribution in [1.82, 2.24) is 4.90 Å². The van der Waals surface area contributed by atoms with Crippen LogP contribution in [0.4, 0.5) is 0 Å². The summed E-state index contributed by atoms with van der Waals surface area (Å²) in [4.78, 5) is 2.18. The first-order valence-corrected chi connectivity index (χ1v) is 5.97. The molecular weight excluding hydrogens is 198 g/mol. The minimum Gasteiger partial charge on any atom is -0.366 e. The van der Waals surface area contributed by atoms with Gasteiger partial charge in [-0.15, -0.1) is 0 Å². The molecule has 0 radical (unpaired) electrons. The Balaban J connectivity index is 2.08. The number of nitrogens with zero attached hydrogens (tertiary/aromatic N) is 1. The number of ether oxygens (including phenoxy) is 1. The van der Waals surface area contributed by atoms with Crippen molar-refractivity contribution in [3.63, 3.8) is 0 Å². The Bertz CT molecular complexity index is 330. The summed E-state index contributed by atoms with van der Waals surface area (Å²) in [5.41, 5.74) is 1.42. The van der Waals surface area contributed by atoms with Gasteiger partial charge in [0.25, 0.3) is 0 Å². The molecule has 1 fully saturated rings. The van der Waals surface area contributed by atoms with Crippen LogP contribution in [-0.4, -0.2) is 31.1 Å². The molecule has 0 amide bonds. The molecule has 0 N–H and O–H groups in total. The highest BCUT2D eigenvalue weighted by Gasteiger charge is 2.41. The Morgan fingerprint density at radius 1 is 1.25 bits per heavy atom. The van der Waals surface area contributed by atoms with Crippen molar-refractivity contribution in [2.75, 3.05) is 20.6 Å². The fourth-order valence-electron chi connectivity index (χ4n) is 1.85. The third-order valence-electron chi connectivity index (χ3n) is 3.08. The predicted octanol–water partition coefficient (Wildman–Crippen LogP) is 2.86. The number of benzene rings is 1. The van der Waals surface area contributed by atoms with Crippen molar-refractivity contribution in [1.29, 1.82) is 0 Å². The number of hydrogen-bond acceptors (Lipinski definition) is 2. The molecule has 0 heterocycles. The molecule has 1 saturated carbocycles. The van der Waals surface area contributed by atoms with Crippen molar-refractivity contribution in [3.05, 3.63) is 35.9 Å². The molecule has 0 saturated heterocycles. The normalized spacial score (nSPS) is 19.8. The quantitative estimate of drug-likeness (QED) is 0.755. The van der Waals surface area contributed by atoms with Crippen molar-refractivity contribution in [2.24, 2.45) is 0 Å². The average molecular weight is 219 g/mol. The van der Waals surface area contributed by atoms with Gasteiger partial charge >= 0.3 is 0 Å². The zero-order valence-corrected chi connectivity index (χ0v) is 10.4.